The molecule has 4 rings (SSSR count). The summed E-state index contributed by atoms with van der Waals surface area (Å²) in [6, 6.07) is 0.569. The van der Waals surface area contributed by atoms with Crippen molar-refractivity contribution < 1.29 is 42.2 Å². The van der Waals surface area contributed by atoms with Gasteiger partial charge in [-0.3, -0.25) is 10.1 Å². The highest BCUT2D eigenvalue weighted by Gasteiger charge is 2.44. The molecule has 2 aromatic heterocycles. The van der Waals surface area contributed by atoms with Gasteiger partial charge in [-0.2, -0.15) is 13.2 Å². The number of carbonyl (C=O) groups excluding carboxylic acids is 3. The number of urea groups is 1. The number of halogens is 3. The molecule has 4 N–H and O–H groups in total. The molecule has 0 saturated heterocycles. The summed E-state index contributed by atoms with van der Waals surface area (Å²) >= 11 is 0.794. The predicted octanol–water partition coefficient (Wildman–Crippen LogP) is 4.22. The number of carboxylic acid groups (broad SMARTS) is 1. The molecule has 43 heavy (non-hydrogen) atoms. The molecule has 1 aliphatic carbocycles. The number of amides is 3. The Kier molecular flexibility index (Phi) is 9.88. The standard InChI is InChI=1S/C27H31F3N6O6S/c1-3-31-25(40)35-21-10-15(23-34-20(13-43-23)27(28,29)30)17(11-33-21)14-5-6-19-16(9-14)22(37)18(24(38)39)12-36(19)8-7-32-26(41)42-4-2/h10-14,16,19H,3-9H2,1-2H3,(H,32,41)(H,38,39)(H2,31,33,35,40). The fraction of sp³-hybridized carbons (Fsp3) is 0.481. The smallest absolute Gasteiger partial charge is 0.434 e. The molecule has 2 aliphatic rings. The Morgan fingerprint density at radius 1 is 1.21 bits per heavy atom. The number of Topliss-reactive ketones (excluding diaryl/α,β-unsaturated/α-hetero) is 1. The average Bonchev–Trinajstić information content (AvgIpc) is 3.45. The van der Waals surface area contributed by atoms with Crippen molar-refractivity contribution in [2.75, 3.05) is 31.6 Å². The predicted molar refractivity (Wildman–Crippen MR) is 149 cm³/mol. The van der Waals surface area contributed by atoms with E-state index in [1.54, 1.807) is 18.7 Å². The van der Waals surface area contributed by atoms with Crippen molar-refractivity contribution in [3.05, 3.63) is 40.7 Å². The molecule has 1 fully saturated rings. The third-order valence-electron chi connectivity index (χ3n) is 7.26. The summed E-state index contributed by atoms with van der Waals surface area (Å²) in [6.45, 7) is 4.32. The molecule has 1 saturated carbocycles. The molecular formula is C27H31F3N6O6S. The van der Waals surface area contributed by atoms with Crippen molar-refractivity contribution in [3.63, 3.8) is 0 Å². The van der Waals surface area contributed by atoms with Crippen LogP contribution in [-0.4, -0.2) is 76.1 Å². The zero-order chi connectivity index (χ0) is 31.3. The maximum absolute atomic E-state index is 13.4. The monoisotopic (exact) mass is 624 g/mol. The Hall–Kier alpha value is -4.21. The van der Waals surface area contributed by atoms with Gasteiger partial charge in [0.1, 0.15) is 16.4 Å². The van der Waals surface area contributed by atoms with Crippen molar-refractivity contribution in [3.8, 4) is 10.6 Å². The summed E-state index contributed by atoms with van der Waals surface area (Å²) in [7, 11) is 0. The van der Waals surface area contributed by atoms with E-state index in [9.17, 15) is 37.5 Å². The van der Waals surface area contributed by atoms with Crippen LogP contribution in [-0.2, 0) is 20.5 Å². The molecule has 3 atom stereocenters. The van der Waals surface area contributed by atoms with Crippen molar-refractivity contribution in [2.24, 2.45) is 5.92 Å². The minimum absolute atomic E-state index is 0.0681. The third-order valence-corrected chi connectivity index (χ3v) is 8.14. The molecule has 2 aromatic rings. The second kappa shape index (κ2) is 13.4. The Morgan fingerprint density at radius 3 is 2.63 bits per heavy atom. The first-order valence-corrected chi connectivity index (χ1v) is 14.5. The van der Waals surface area contributed by atoms with E-state index in [2.05, 4.69) is 25.9 Å². The van der Waals surface area contributed by atoms with Gasteiger partial charge in [0.05, 0.1) is 6.61 Å². The number of nitrogens with zero attached hydrogens (tertiary/aromatic N) is 3. The van der Waals surface area contributed by atoms with Crippen molar-refractivity contribution in [1.82, 2.24) is 25.5 Å². The molecule has 0 aromatic carbocycles. The van der Waals surface area contributed by atoms with E-state index in [0.717, 1.165) is 16.7 Å². The highest BCUT2D eigenvalue weighted by atomic mass is 32.1. The van der Waals surface area contributed by atoms with E-state index < -0.39 is 41.7 Å². The topological polar surface area (TPSA) is 163 Å². The molecule has 0 bridgehead atoms. The fourth-order valence-corrected chi connectivity index (χ4v) is 6.26. The lowest BCUT2D eigenvalue weighted by atomic mass is 9.70. The number of pyridine rings is 1. The van der Waals surface area contributed by atoms with Crippen molar-refractivity contribution >= 4 is 41.0 Å². The number of rotatable bonds is 9. The molecule has 0 radical (unpaired) electrons. The number of alkyl carbamates (subject to hydrolysis) is 1. The highest BCUT2D eigenvalue weighted by Crippen LogP contribution is 2.45. The molecular weight excluding hydrogens is 593 g/mol. The molecule has 232 valence electrons. The van der Waals surface area contributed by atoms with E-state index in [1.807, 2.05) is 0 Å². The number of aromatic nitrogens is 2. The zero-order valence-corrected chi connectivity index (χ0v) is 24.2. The van der Waals surface area contributed by atoms with Gasteiger partial charge in [-0.05, 0) is 50.7 Å². The number of anilines is 1. The van der Waals surface area contributed by atoms with Gasteiger partial charge in [-0.15, -0.1) is 11.3 Å². The Labute approximate surface area is 248 Å². The summed E-state index contributed by atoms with van der Waals surface area (Å²) in [6.07, 6.45) is -1.30. The molecule has 16 heteroatoms. The summed E-state index contributed by atoms with van der Waals surface area (Å²) < 4.78 is 45.0. The molecule has 3 unspecified atom stereocenters. The summed E-state index contributed by atoms with van der Waals surface area (Å²) in [4.78, 5) is 58.9. The number of hydrogen-bond acceptors (Lipinski definition) is 9. The minimum Gasteiger partial charge on any atom is -0.478 e. The number of alkyl halides is 3. The number of ether oxygens (including phenoxy) is 1. The van der Waals surface area contributed by atoms with Gasteiger partial charge in [-0.1, -0.05) is 0 Å². The van der Waals surface area contributed by atoms with E-state index in [-0.39, 0.29) is 54.5 Å². The van der Waals surface area contributed by atoms with Crippen LogP contribution in [0.25, 0.3) is 10.6 Å². The lowest BCUT2D eigenvalue weighted by molar-refractivity contribution is -0.141. The summed E-state index contributed by atoms with van der Waals surface area (Å²) in [5.41, 5.74) is -0.563. The molecule has 3 heterocycles. The first kappa shape index (κ1) is 31.7. The second-order valence-electron chi connectivity index (χ2n) is 9.96. The maximum Gasteiger partial charge on any atom is 0.434 e. The Bertz CT molecular complexity index is 1410. The van der Waals surface area contributed by atoms with E-state index in [1.165, 1.54) is 18.5 Å². The van der Waals surface area contributed by atoms with Crippen molar-refractivity contribution in [2.45, 2.75) is 51.2 Å². The molecule has 0 spiro atoms. The normalized spacial score (nSPS) is 20.1. The van der Waals surface area contributed by atoms with Gasteiger partial charge in [-0.25, -0.2) is 24.4 Å². The zero-order valence-electron chi connectivity index (χ0n) is 23.4. The Morgan fingerprint density at radius 2 is 1.98 bits per heavy atom. The number of thiazole rings is 1. The maximum atomic E-state index is 13.4. The van der Waals surface area contributed by atoms with E-state index in [0.29, 0.717) is 30.5 Å². The van der Waals surface area contributed by atoms with Gasteiger partial charge in [0.25, 0.3) is 0 Å². The highest BCUT2D eigenvalue weighted by molar-refractivity contribution is 7.13. The number of ketones is 1. The molecule has 12 nitrogen and oxygen atoms in total. The average molecular weight is 625 g/mol. The van der Waals surface area contributed by atoms with Crippen LogP contribution in [0.1, 0.15) is 50.3 Å². The van der Waals surface area contributed by atoms with Crippen LogP contribution in [0, 0.1) is 5.92 Å². The third kappa shape index (κ3) is 7.42. The first-order chi connectivity index (χ1) is 20.4. The van der Waals surface area contributed by atoms with Gasteiger partial charge in [0.2, 0.25) is 0 Å². The fourth-order valence-electron chi connectivity index (χ4n) is 5.39. The number of fused-ring (bicyclic) bond motifs is 1. The van der Waals surface area contributed by atoms with Crippen molar-refractivity contribution in [1.29, 1.82) is 0 Å². The van der Waals surface area contributed by atoms with E-state index in [4.69, 9.17) is 4.74 Å². The summed E-state index contributed by atoms with van der Waals surface area (Å²) in [5.74, 6) is -2.89. The number of aliphatic carboxylic acids is 1. The molecule has 1 aliphatic heterocycles. The number of carbonyl (C=O) groups is 4. The van der Waals surface area contributed by atoms with Crippen LogP contribution in [0.2, 0.25) is 0 Å². The van der Waals surface area contributed by atoms with Gasteiger partial charge < -0.3 is 25.4 Å². The Balaban J connectivity index is 1.64. The van der Waals surface area contributed by atoms with Gasteiger partial charge in [0.15, 0.2) is 11.5 Å². The van der Waals surface area contributed by atoms with Gasteiger partial charge >= 0.3 is 24.3 Å². The van der Waals surface area contributed by atoms with Crippen LogP contribution in [0.3, 0.4) is 0 Å². The number of carboxylic acids is 1. The van der Waals surface area contributed by atoms with Crippen LogP contribution < -0.4 is 16.0 Å². The van der Waals surface area contributed by atoms with Crippen LogP contribution >= 0.6 is 11.3 Å². The van der Waals surface area contributed by atoms with Gasteiger partial charge in [0, 0.05) is 54.9 Å². The first-order valence-electron chi connectivity index (χ1n) is 13.7. The minimum atomic E-state index is -4.65. The van der Waals surface area contributed by atoms with Crippen LogP contribution in [0.15, 0.2) is 29.4 Å². The lowest BCUT2D eigenvalue weighted by Gasteiger charge is -2.44. The lowest BCUT2D eigenvalue weighted by Crippen LogP contribution is -2.51. The summed E-state index contributed by atoms with van der Waals surface area (Å²) in [5, 5.41) is 18.4. The van der Waals surface area contributed by atoms with Crippen LogP contribution in [0.4, 0.5) is 28.6 Å². The second-order valence-corrected chi connectivity index (χ2v) is 10.8. The van der Waals surface area contributed by atoms with Crippen LogP contribution in [0.5, 0.6) is 0 Å². The quantitative estimate of drug-likeness (QED) is 0.299. The largest absolute Gasteiger partial charge is 0.478 e. The van der Waals surface area contributed by atoms with E-state index >= 15 is 0 Å². The number of hydrogen-bond donors (Lipinski definition) is 4. The SMILES string of the molecule is CCNC(=O)Nc1cc(-c2nc(C(F)(F)F)cs2)c(C2CCC3C(C2)C(=O)C(C(=O)O)=CN3CCNC(=O)OCC)cn1. The molecule has 3 amide bonds. The number of nitrogens with one attached hydrogen (secondary N) is 3.